The van der Waals surface area contributed by atoms with Crippen LogP contribution in [-0.2, 0) is 16.8 Å². The SMILES string of the molecule is O=C1N[C@@]2(CCCc3sccc32)C(=O)N1CCSc1ccc(Cl)cc1. The Morgan fingerprint density at radius 3 is 2.84 bits per heavy atom. The lowest BCUT2D eigenvalue weighted by molar-refractivity contribution is -0.132. The van der Waals surface area contributed by atoms with Gasteiger partial charge in [-0.25, -0.2) is 4.79 Å². The van der Waals surface area contributed by atoms with E-state index in [1.165, 1.54) is 9.78 Å². The largest absolute Gasteiger partial charge is 0.325 e. The summed E-state index contributed by atoms with van der Waals surface area (Å²) in [6.07, 6.45) is 2.60. The molecule has 3 amide bonds. The first-order valence-electron chi connectivity index (χ1n) is 8.19. The Bertz CT molecular complexity index is 821. The topological polar surface area (TPSA) is 49.4 Å². The summed E-state index contributed by atoms with van der Waals surface area (Å²) in [6.45, 7) is 0.402. The van der Waals surface area contributed by atoms with E-state index >= 15 is 0 Å². The Morgan fingerprint density at radius 2 is 2.04 bits per heavy atom. The molecule has 2 aliphatic rings. The van der Waals surface area contributed by atoms with Gasteiger partial charge < -0.3 is 5.32 Å². The van der Waals surface area contributed by atoms with Gasteiger partial charge in [-0.3, -0.25) is 9.69 Å². The third-order valence-corrected chi connectivity index (χ3v) is 6.96. The molecule has 130 valence electrons. The number of carbonyl (C=O) groups excluding carboxylic acids is 2. The number of hydrogen-bond acceptors (Lipinski definition) is 4. The standard InChI is InChI=1S/C18H17ClN2O2S2/c19-12-3-5-13(6-4-12)24-11-9-21-16(22)18(20-17(21)23)8-1-2-15-14(18)7-10-25-15/h3-7,10H,1-2,8-9,11H2,(H,20,23)/t18-/m1/s1. The lowest BCUT2D eigenvalue weighted by Gasteiger charge is -2.31. The van der Waals surface area contributed by atoms with E-state index in [9.17, 15) is 9.59 Å². The molecule has 1 spiro atoms. The van der Waals surface area contributed by atoms with Crippen LogP contribution >= 0.6 is 34.7 Å². The van der Waals surface area contributed by atoms with Crippen molar-refractivity contribution in [3.8, 4) is 0 Å². The van der Waals surface area contributed by atoms with Crippen molar-refractivity contribution in [3.63, 3.8) is 0 Å². The van der Waals surface area contributed by atoms with Gasteiger partial charge in [0.25, 0.3) is 5.91 Å². The second-order valence-corrected chi connectivity index (χ2v) is 8.81. The highest BCUT2D eigenvalue weighted by Crippen LogP contribution is 2.42. The number of imide groups is 1. The van der Waals surface area contributed by atoms with Crippen molar-refractivity contribution in [3.05, 3.63) is 51.2 Å². The Labute approximate surface area is 159 Å². The fraction of sp³-hybridized carbons (Fsp3) is 0.333. The van der Waals surface area contributed by atoms with E-state index in [0.29, 0.717) is 23.7 Å². The second-order valence-electron chi connectivity index (χ2n) is 6.21. The van der Waals surface area contributed by atoms with Crippen LogP contribution in [0, 0.1) is 0 Å². The third kappa shape index (κ3) is 2.96. The maximum Gasteiger partial charge on any atom is 0.325 e. The molecule has 0 saturated carbocycles. The number of halogens is 1. The van der Waals surface area contributed by atoms with E-state index < -0.39 is 5.54 Å². The molecule has 1 atom stereocenters. The number of amides is 3. The van der Waals surface area contributed by atoms with E-state index in [1.807, 2.05) is 35.7 Å². The first-order chi connectivity index (χ1) is 12.1. The molecule has 0 bridgehead atoms. The molecule has 4 nitrogen and oxygen atoms in total. The molecule has 1 fully saturated rings. The van der Waals surface area contributed by atoms with E-state index in [0.717, 1.165) is 23.3 Å². The first kappa shape index (κ1) is 16.9. The molecule has 1 aliphatic heterocycles. The molecule has 1 aliphatic carbocycles. The summed E-state index contributed by atoms with van der Waals surface area (Å²) in [7, 11) is 0. The Kier molecular flexibility index (Phi) is 4.52. The number of urea groups is 1. The zero-order chi connectivity index (χ0) is 17.4. The van der Waals surface area contributed by atoms with Crippen molar-refractivity contribution in [2.75, 3.05) is 12.3 Å². The maximum atomic E-state index is 13.1. The van der Waals surface area contributed by atoms with Crippen LogP contribution in [0.25, 0.3) is 0 Å². The smallest absolute Gasteiger partial charge is 0.319 e. The van der Waals surface area contributed by atoms with Gasteiger partial charge in [-0.2, -0.15) is 0 Å². The van der Waals surface area contributed by atoms with Crippen LogP contribution in [0.1, 0.15) is 23.3 Å². The minimum absolute atomic E-state index is 0.103. The molecule has 0 radical (unpaired) electrons. The van der Waals surface area contributed by atoms with Crippen molar-refractivity contribution in [1.82, 2.24) is 10.2 Å². The Balaban J connectivity index is 1.46. The molecule has 7 heteroatoms. The summed E-state index contributed by atoms with van der Waals surface area (Å²) in [5.41, 5.74) is 0.158. The average molecular weight is 393 g/mol. The quantitative estimate of drug-likeness (QED) is 0.624. The van der Waals surface area contributed by atoms with Gasteiger partial charge >= 0.3 is 6.03 Å². The summed E-state index contributed by atoms with van der Waals surface area (Å²) in [4.78, 5) is 29.2. The van der Waals surface area contributed by atoms with Crippen molar-refractivity contribution >= 4 is 46.6 Å². The Hall–Kier alpha value is -1.50. The lowest BCUT2D eigenvalue weighted by atomic mass is 9.80. The van der Waals surface area contributed by atoms with Crippen molar-refractivity contribution in [2.24, 2.45) is 0 Å². The van der Waals surface area contributed by atoms with Crippen molar-refractivity contribution in [2.45, 2.75) is 29.7 Å². The van der Waals surface area contributed by atoms with Crippen molar-refractivity contribution < 1.29 is 9.59 Å². The fourth-order valence-electron chi connectivity index (χ4n) is 3.53. The number of rotatable bonds is 4. The Morgan fingerprint density at radius 1 is 1.24 bits per heavy atom. The van der Waals surface area contributed by atoms with Gasteiger partial charge in [0.2, 0.25) is 0 Å². The third-order valence-electron chi connectivity index (χ3n) is 4.73. The van der Waals surface area contributed by atoms with Gasteiger partial charge in [0.1, 0.15) is 5.54 Å². The molecule has 2 aromatic rings. The number of fused-ring (bicyclic) bond motifs is 2. The molecule has 0 unspecified atom stereocenters. The molecule has 1 saturated heterocycles. The predicted molar refractivity (Wildman–Crippen MR) is 101 cm³/mol. The fourth-order valence-corrected chi connectivity index (χ4v) is 5.49. The highest BCUT2D eigenvalue weighted by Gasteiger charge is 2.54. The number of thioether (sulfide) groups is 1. The number of hydrogen-bond donors (Lipinski definition) is 1. The van der Waals surface area contributed by atoms with Crippen LogP contribution in [0.2, 0.25) is 5.02 Å². The molecular weight excluding hydrogens is 376 g/mol. The van der Waals surface area contributed by atoms with E-state index in [2.05, 4.69) is 5.32 Å². The normalized spacial score (nSPS) is 22.4. The summed E-state index contributed by atoms with van der Waals surface area (Å²) in [5, 5.41) is 5.69. The van der Waals surface area contributed by atoms with Crippen LogP contribution < -0.4 is 5.32 Å². The molecule has 2 heterocycles. The number of thiophene rings is 1. The zero-order valence-electron chi connectivity index (χ0n) is 13.5. The number of carbonyl (C=O) groups is 2. The second kappa shape index (κ2) is 6.67. The summed E-state index contributed by atoms with van der Waals surface area (Å²) in [6, 6.07) is 9.28. The van der Waals surface area contributed by atoms with Crippen molar-refractivity contribution in [1.29, 1.82) is 0 Å². The summed E-state index contributed by atoms with van der Waals surface area (Å²) >= 11 is 9.17. The van der Waals surface area contributed by atoms with Crippen LogP contribution in [0.5, 0.6) is 0 Å². The molecule has 1 aromatic carbocycles. The van der Waals surface area contributed by atoms with Gasteiger partial charge in [0.05, 0.1) is 0 Å². The van der Waals surface area contributed by atoms with E-state index in [1.54, 1.807) is 23.1 Å². The van der Waals surface area contributed by atoms with Gasteiger partial charge in [0.15, 0.2) is 0 Å². The minimum atomic E-state index is -0.838. The van der Waals surface area contributed by atoms with Crippen LogP contribution in [0.4, 0.5) is 4.79 Å². The van der Waals surface area contributed by atoms with E-state index in [4.69, 9.17) is 11.6 Å². The molecular formula is C18H17ClN2O2S2. The van der Waals surface area contributed by atoms with Gasteiger partial charge in [-0.05, 0) is 55.0 Å². The molecule has 25 heavy (non-hydrogen) atoms. The van der Waals surface area contributed by atoms with Gasteiger partial charge in [-0.1, -0.05) is 11.6 Å². The lowest BCUT2D eigenvalue weighted by Crippen LogP contribution is -2.46. The number of nitrogens with zero attached hydrogens (tertiary/aromatic N) is 1. The predicted octanol–water partition coefficient (Wildman–Crippen LogP) is 4.28. The zero-order valence-corrected chi connectivity index (χ0v) is 15.8. The molecule has 4 rings (SSSR count). The van der Waals surface area contributed by atoms with Gasteiger partial charge in [-0.15, -0.1) is 23.1 Å². The maximum absolute atomic E-state index is 13.1. The van der Waals surface area contributed by atoms with Crippen LogP contribution in [-0.4, -0.2) is 29.1 Å². The first-order valence-corrected chi connectivity index (χ1v) is 10.4. The number of aryl methyl sites for hydroxylation is 1. The average Bonchev–Trinajstić information content (AvgIpc) is 3.17. The number of nitrogens with one attached hydrogen (secondary N) is 1. The summed E-state index contributed by atoms with van der Waals surface area (Å²) < 4.78 is 0. The summed E-state index contributed by atoms with van der Waals surface area (Å²) in [5.74, 6) is 0.557. The monoisotopic (exact) mass is 392 g/mol. The molecule has 1 aromatic heterocycles. The highest BCUT2D eigenvalue weighted by atomic mass is 35.5. The van der Waals surface area contributed by atoms with Crippen LogP contribution in [0.3, 0.4) is 0 Å². The van der Waals surface area contributed by atoms with E-state index in [-0.39, 0.29) is 11.9 Å². The number of benzene rings is 1. The molecule has 1 N–H and O–H groups in total. The van der Waals surface area contributed by atoms with Gasteiger partial charge in [0, 0.05) is 32.7 Å². The van der Waals surface area contributed by atoms with Crippen LogP contribution in [0.15, 0.2) is 40.6 Å². The highest BCUT2D eigenvalue weighted by molar-refractivity contribution is 7.99. The minimum Gasteiger partial charge on any atom is -0.319 e.